The largest absolute Gasteiger partial charge is 0.463 e. The van der Waals surface area contributed by atoms with E-state index >= 15 is 0 Å². The quantitative estimate of drug-likeness (QED) is 0.531. The van der Waals surface area contributed by atoms with Gasteiger partial charge in [-0.1, -0.05) is 6.92 Å². The molecule has 4 aliphatic carbocycles. The highest BCUT2D eigenvalue weighted by atomic mass is 16.5. The topological polar surface area (TPSA) is 52.6 Å². The van der Waals surface area contributed by atoms with Gasteiger partial charge in [0.1, 0.15) is 0 Å². The van der Waals surface area contributed by atoms with Crippen molar-refractivity contribution in [2.24, 2.45) is 23.2 Å². The highest BCUT2D eigenvalue weighted by molar-refractivity contribution is 5.91. The number of hydrogen-bond acceptors (Lipinski definition) is 4. The molecule has 0 aromatic heterocycles. The molecule has 128 valence electrons. The Bertz CT molecular complexity index is 444. The van der Waals surface area contributed by atoms with Crippen LogP contribution in [0.1, 0.15) is 58.3 Å². The highest BCUT2D eigenvalue weighted by Crippen LogP contribution is 2.61. The molecule has 0 aromatic carbocycles. The van der Waals surface area contributed by atoms with Crippen LogP contribution in [-0.4, -0.2) is 25.2 Å². The molecule has 0 N–H and O–H groups in total. The molecule has 4 fully saturated rings. The SMILES string of the molecule is CCCOC(=O)/C=C/C(=O)OCCC12CC3CC(CC(C3)C1)C2. The first kappa shape index (κ1) is 16.5. The summed E-state index contributed by atoms with van der Waals surface area (Å²) in [5.74, 6) is 1.84. The lowest BCUT2D eigenvalue weighted by molar-refractivity contribution is -0.142. The molecule has 4 bridgehead atoms. The van der Waals surface area contributed by atoms with Gasteiger partial charge in [0.2, 0.25) is 0 Å². The maximum absolute atomic E-state index is 11.7. The third-order valence-corrected chi connectivity index (χ3v) is 5.85. The third-order valence-electron chi connectivity index (χ3n) is 5.85. The smallest absolute Gasteiger partial charge is 0.331 e. The maximum atomic E-state index is 11.7. The van der Waals surface area contributed by atoms with E-state index in [1.54, 1.807) is 0 Å². The second kappa shape index (κ2) is 7.06. The number of esters is 2. The van der Waals surface area contributed by atoms with Gasteiger partial charge in [0.15, 0.2) is 0 Å². The molecule has 23 heavy (non-hydrogen) atoms. The second-order valence-corrected chi connectivity index (χ2v) is 7.84. The van der Waals surface area contributed by atoms with Crippen molar-refractivity contribution in [3.63, 3.8) is 0 Å². The minimum Gasteiger partial charge on any atom is -0.463 e. The third kappa shape index (κ3) is 4.15. The summed E-state index contributed by atoms with van der Waals surface area (Å²) in [4.78, 5) is 23.0. The fraction of sp³-hybridized carbons (Fsp3) is 0.789. The van der Waals surface area contributed by atoms with Gasteiger partial charge in [0, 0.05) is 12.2 Å². The lowest BCUT2D eigenvalue weighted by Gasteiger charge is -2.57. The van der Waals surface area contributed by atoms with E-state index in [2.05, 4.69) is 0 Å². The van der Waals surface area contributed by atoms with Crippen molar-refractivity contribution in [3.8, 4) is 0 Å². The lowest BCUT2D eigenvalue weighted by Crippen LogP contribution is -2.46. The zero-order valence-electron chi connectivity index (χ0n) is 14.1. The molecule has 0 amide bonds. The van der Waals surface area contributed by atoms with Gasteiger partial charge in [0.05, 0.1) is 13.2 Å². The van der Waals surface area contributed by atoms with E-state index < -0.39 is 11.9 Å². The highest BCUT2D eigenvalue weighted by Gasteiger charge is 2.50. The van der Waals surface area contributed by atoms with Crippen LogP contribution in [0.15, 0.2) is 12.2 Å². The zero-order chi connectivity index (χ0) is 16.3. The van der Waals surface area contributed by atoms with Crippen LogP contribution < -0.4 is 0 Å². The molecule has 0 aromatic rings. The summed E-state index contributed by atoms with van der Waals surface area (Å²) >= 11 is 0. The van der Waals surface area contributed by atoms with Crippen molar-refractivity contribution in [3.05, 3.63) is 12.2 Å². The van der Waals surface area contributed by atoms with Gasteiger partial charge in [-0.3, -0.25) is 0 Å². The van der Waals surface area contributed by atoms with Gasteiger partial charge >= 0.3 is 11.9 Å². The molecule has 0 radical (unpaired) electrons. The number of ether oxygens (including phenoxy) is 2. The summed E-state index contributed by atoms with van der Waals surface area (Å²) in [6.45, 7) is 2.78. The summed E-state index contributed by atoms with van der Waals surface area (Å²) in [7, 11) is 0. The van der Waals surface area contributed by atoms with Crippen LogP contribution in [0.4, 0.5) is 0 Å². The summed E-state index contributed by atoms with van der Waals surface area (Å²) in [6.07, 6.45) is 12.4. The number of carbonyl (C=O) groups excluding carboxylic acids is 2. The van der Waals surface area contributed by atoms with Gasteiger partial charge in [-0.05, 0) is 74.5 Å². The standard InChI is InChI=1S/C19H28O4/c1-2-6-22-17(20)3-4-18(21)23-7-5-19-11-14-8-15(12-19)10-16(9-14)13-19/h3-4,14-16H,2,5-13H2,1H3/b4-3+. The lowest BCUT2D eigenvalue weighted by atomic mass is 9.49. The molecule has 0 spiro atoms. The monoisotopic (exact) mass is 320 g/mol. The fourth-order valence-corrected chi connectivity index (χ4v) is 5.40. The minimum absolute atomic E-state index is 0.379. The molecule has 0 heterocycles. The van der Waals surface area contributed by atoms with Gasteiger partial charge in [-0.15, -0.1) is 0 Å². The van der Waals surface area contributed by atoms with Crippen LogP contribution in [0.25, 0.3) is 0 Å². The van der Waals surface area contributed by atoms with Gasteiger partial charge in [-0.25, -0.2) is 9.59 Å². The summed E-state index contributed by atoms with van der Waals surface area (Å²) < 4.78 is 10.2. The predicted molar refractivity (Wildman–Crippen MR) is 86.6 cm³/mol. The van der Waals surface area contributed by atoms with E-state index in [9.17, 15) is 9.59 Å². The van der Waals surface area contributed by atoms with Crippen LogP contribution in [0, 0.1) is 23.2 Å². The molecular formula is C19H28O4. The van der Waals surface area contributed by atoms with Crippen LogP contribution in [-0.2, 0) is 19.1 Å². The first-order chi connectivity index (χ1) is 11.1. The Labute approximate surface area is 138 Å². The van der Waals surface area contributed by atoms with Crippen LogP contribution in [0.3, 0.4) is 0 Å². The average Bonchev–Trinajstić information content (AvgIpc) is 2.49. The van der Waals surface area contributed by atoms with Crippen LogP contribution in [0.5, 0.6) is 0 Å². The molecule has 0 unspecified atom stereocenters. The van der Waals surface area contributed by atoms with Crippen molar-refractivity contribution >= 4 is 11.9 Å². The molecule has 4 saturated carbocycles. The Morgan fingerprint density at radius 1 is 0.913 bits per heavy atom. The van der Waals surface area contributed by atoms with Gasteiger partial charge in [-0.2, -0.15) is 0 Å². The van der Waals surface area contributed by atoms with Crippen molar-refractivity contribution in [1.82, 2.24) is 0 Å². The summed E-state index contributed by atoms with van der Waals surface area (Å²) in [6, 6.07) is 0. The Morgan fingerprint density at radius 3 is 1.87 bits per heavy atom. The molecule has 0 aliphatic heterocycles. The molecule has 4 nitrogen and oxygen atoms in total. The molecule has 0 saturated heterocycles. The Hall–Kier alpha value is -1.32. The van der Waals surface area contributed by atoms with E-state index in [1.165, 1.54) is 44.6 Å². The first-order valence-corrected chi connectivity index (χ1v) is 9.10. The van der Waals surface area contributed by atoms with E-state index in [1.807, 2.05) is 6.92 Å². The molecule has 4 aliphatic rings. The van der Waals surface area contributed by atoms with Crippen LogP contribution >= 0.6 is 0 Å². The number of hydrogen-bond donors (Lipinski definition) is 0. The van der Waals surface area contributed by atoms with Crippen molar-refractivity contribution in [2.45, 2.75) is 58.3 Å². The Morgan fingerprint density at radius 2 is 1.39 bits per heavy atom. The zero-order valence-corrected chi connectivity index (χ0v) is 14.1. The molecule has 4 heteroatoms. The summed E-state index contributed by atoms with van der Waals surface area (Å²) in [5.41, 5.74) is 0.429. The van der Waals surface area contributed by atoms with E-state index in [0.29, 0.717) is 18.6 Å². The normalized spacial score (nSPS) is 34.7. The predicted octanol–water partition coefficient (Wildman–Crippen LogP) is 3.65. The molecular weight excluding hydrogens is 292 g/mol. The summed E-state index contributed by atoms with van der Waals surface area (Å²) in [5, 5.41) is 0. The second-order valence-electron chi connectivity index (χ2n) is 7.84. The van der Waals surface area contributed by atoms with Crippen LogP contribution in [0.2, 0.25) is 0 Å². The maximum Gasteiger partial charge on any atom is 0.331 e. The molecule has 0 atom stereocenters. The van der Waals surface area contributed by atoms with Crippen molar-refractivity contribution in [2.75, 3.05) is 13.2 Å². The van der Waals surface area contributed by atoms with Gasteiger partial charge in [0.25, 0.3) is 0 Å². The minimum atomic E-state index is -0.482. The van der Waals surface area contributed by atoms with Crippen molar-refractivity contribution < 1.29 is 19.1 Å². The van der Waals surface area contributed by atoms with Gasteiger partial charge < -0.3 is 9.47 Å². The first-order valence-electron chi connectivity index (χ1n) is 9.10. The fourth-order valence-electron chi connectivity index (χ4n) is 5.40. The Kier molecular flexibility index (Phi) is 5.08. The number of rotatable bonds is 7. The average molecular weight is 320 g/mol. The molecule has 4 rings (SSSR count). The van der Waals surface area contributed by atoms with E-state index in [4.69, 9.17) is 9.47 Å². The number of carbonyl (C=O) groups is 2. The Balaban J connectivity index is 1.40. The van der Waals surface area contributed by atoms with Crippen molar-refractivity contribution in [1.29, 1.82) is 0 Å². The van der Waals surface area contributed by atoms with E-state index in [0.717, 1.165) is 36.7 Å². The van der Waals surface area contributed by atoms with E-state index in [-0.39, 0.29) is 0 Å².